The molecule has 3 rings (SSSR count). The summed E-state index contributed by atoms with van der Waals surface area (Å²) < 4.78 is 8.15. The predicted octanol–water partition coefficient (Wildman–Crippen LogP) is 4.35. The molecule has 0 saturated carbocycles. The third-order valence-electron chi connectivity index (χ3n) is 3.81. The molecule has 2 N–H and O–H groups in total. The van der Waals surface area contributed by atoms with Crippen molar-refractivity contribution < 1.29 is 4.74 Å². The highest BCUT2D eigenvalue weighted by atomic mass is 35.5. The Bertz CT molecular complexity index is 795. The van der Waals surface area contributed by atoms with Crippen molar-refractivity contribution in [2.45, 2.75) is 26.6 Å². The second-order valence-electron chi connectivity index (χ2n) is 5.19. The average molecular weight is 315 g/mol. The first kappa shape index (κ1) is 14.9. The van der Waals surface area contributed by atoms with Gasteiger partial charge in [-0.1, -0.05) is 35.9 Å². The van der Waals surface area contributed by atoms with E-state index in [1.54, 1.807) is 0 Å². The molecule has 0 spiro atoms. The molecule has 0 aliphatic rings. The van der Waals surface area contributed by atoms with Gasteiger partial charge in [-0.15, -0.1) is 0 Å². The van der Waals surface area contributed by atoms with Crippen molar-refractivity contribution >= 4 is 22.5 Å². The number of para-hydroxylation sites is 1. The summed E-state index contributed by atoms with van der Waals surface area (Å²) in [5, 5.41) is 1.88. The monoisotopic (exact) mass is 314 g/mol. The largest absolute Gasteiger partial charge is 0.487 e. The molecule has 0 aliphatic carbocycles. The van der Waals surface area contributed by atoms with E-state index < -0.39 is 0 Å². The fraction of sp³-hybridized carbons (Fsp3) is 0.222. The number of rotatable bonds is 5. The summed E-state index contributed by atoms with van der Waals surface area (Å²) >= 11 is 5.99. The minimum absolute atomic E-state index is 0.507. The van der Waals surface area contributed by atoms with E-state index in [0.717, 1.165) is 23.6 Å². The van der Waals surface area contributed by atoms with E-state index in [0.29, 0.717) is 18.2 Å². The maximum atomic E-state index is 5.99. The quantitative estimate of drug-likeness (QED) is 0.760. The number of benzene rings is 2. The van der Waals surface area contributed by atoms with Crippen molar-refractivity contribution in [1.82, 2.24) is 4.57 Å². The predicted molar refractivity (Wildman–Crippen MR) is 91.3 cm³/mol. The number of ether oxygens (including phenoxy) is 1. The first-order valence-corrected chi connectivity index (χ1v) is 7.79. The summed E-state index contributed by atoms with van der Waals surface area (Å²) in [7, 11) is 0. The summed E-state index contributed by atoms with van der Waals surface area (Å²) in [5.41, 5.74) is 9.37. The van der Waals surface area contributed by atoms with Crippen LogP contribution in [0.25, 0.3) is 10.9 Å². The molecule has 0 atom stereocenters. The number of hydrogen-bond donors (Lipinski definition) is 1. The molecule has 1 heterocycles. The fourth-order valence-corrected chi connectivity index (χ4v) is 3.00. The SMILES string of the molecule is CCn1c(COc2cccc(Cl)c2)cc2cccc(CN)c21. The Morgan fingerprint density at radius 2 is 1.95 bits per heavy atom. The smallest absolute Gasteiger partial charge is 0.128 e. The molecule has 0 amide bonds. The van der Waals surface area contributed by atoms with Crippen LogP contribution in [0.2, 0.25) is 5.02 Å². The van der Waals surface area contributed by atoms with Gasteiger partial charge < -0.3 is 15.0 Å². The lowest BCUT2D eigenvalue weighted by Gasteiger charge is -2.11. The molecule has 3 aromatic rings. The van der Waals surface area contributed by atoms with E-state index in [1.165, 1.54) is 10.9 Å². The highest BCUT2D eigenvalue weighted by molar-refractivity contribution is 6.30. The minimum atomic E-state index is 0.507. The fourth-order valence-electron chi connectivity index (χ4n) is 2.82. The Labute approximate surface area is 135 Å². The van der Waals surface area contributed by atoms with E-state index in [2.05, 4.69) is 29.7 Å². The van der Waals surface area contributed by atoms with Crippen LogP contribution in [0, 0.1) is 0 Å². The van der Waals surface area contributed by atoms with Gasteiger partial charge in [0.2, 0.25) is 0 Å². The van der Waals surface area contributed by atoms with Crippen molar-refractivity contribution in [2.75, 3.05) is 0 Å². The maximum Gasteiger partial charge on any atom is 0.128 e. The second kappa shape index (κ2) is 6.42. The van der Waals surface area contributed by atoms with E-state index in [-0.39, 0.29) is 0 Å². The number of nitrogens with two attached hydrogens (primary N) is 1. The summed E-state index contributed by atoms with van der Waals surface area (Å²) in [6.07, 6.45) is 0. The van der Waals surface area contributed by atoms with Gasteiger partial charge in [-0.2, -0.15) is 0 Å². The zero-order valence-electron chi connectivity index (χ0n) is 12.6. The Kier molecular flexibility index (Phi) is 4.36. The van der Waals surface area contributed by atoms with Gasteiger partial charge in [0.25, 0.3) is 0 Å². The Morgan fingerprint density at radius 3 is 2.68 bits per heavy atom. The molecular weight excluding hydrogens is 296 g/mol. The van der Waals surface area contributed by atoms with Crippen molar-refractivity contribution in [3.05, 3.63) is 64.8 Å². The summed E-state index contributed by atoms with van der Waals surface area (Å²) in [6.45, 7) is 4.06. The lowest BCUT2D eigenvalue weighted by molar-refractivity contribution is 0.296. The highest BCUT2D eigenvalue weighted by Gasteiger charge is 2.11. The summed E-state index contributed by atoms with van der Waals surface area (Å²) in [4.78, 5) is 0. The molecule has 3 nitrogen and oxygen atoms in total. The third kappa shape index (κ3) is 2.82. The van der Waals surface area contributed by atoms with Gasteiger partial charge >= 0.3 is 0 Å². The van der Waals surface area contributed by atoms with Gasteiger partial charge in [0.15, 0.2) is 0 Å². The molecule has 1 aromatic heterocycles. The number of aryl methyl sites for hydroxylation is 1. The van der Waals surface area contributed by atoms with Gasteiger partial charge in [-0.3, -0.25) is 0 Å². The number of fused-ring (bicyclic) bond motifs is 1. The average Bonchev–Trinajstić information content (AvgIpc) is 2.90. The van der Waals surface area contributed by atoms with Gasteiger partial charge in [0, 0.05) is 23.5 Å². The van der Waals surface area contributed by atoms with Crippen molar-refractivity contribution in [2.24, 2.45) is 5.73 Å². The molecule has 22 heavy (non-hydrogen) atoms. The van der Waals surface area contributed by atoms with Crippen LogP contribution in [0.1, 0.15) is 18.2 Å². The van der Waals surface area contributed by atoms with Crippen LogP contribution in [-0.2, 0) is 19.7 Å². The van der Waals surface area contributed by atoms with Crippen molar-refractivity contribution in [3.8, 4) is 5.75 Å². The molecule has 2 aromatic carbocycles. The molecule has 0 fully saturated rings. The standard InChI is InChI=1S/C18H19ClN2O/c1-2-21-16(12-22-17-8-4-7-15(19)10-17)9-13-5-3-6-14(11-20)18(13)21/h3-10H,2,11-12,20H2,1H3. The molecule has 0 bridgehead atoms. The zero-order valence-corrected chi connectivity index (χ0v) is 13.3. The van der Waals surface area contributed by atoms with Crippen LogP contribution < -0.4 is 10.5 Å². The Balaban J connectivity index is 1.93. The van der Waals surface area contributed by atoms with Gasteiger partial charge in [-0.25, -0.2) is 0 Å². The van der Waals surface area contributed by atoms with Crippen LogP contribution in [0.15, 0.2) is 48.5 Å². The van der Waals surface area contributed by atoms with Crippen LogP contribution in [0.4, 0.5) is 0 Å². The Hall–Kier alpha value is -1.97. The number of aromatic nitrogens is 1. The summed E-state index contributed by atoms with van der Waals surface area (Å²) in [5.74, 6) is 0.777. The maximum absolute atomic E-state index is 5.99. The van der Waals surface area contributed by atoms with E-state index in [4.69, 9.17) is 22.1 Å². The number of nitrogens with zero attached hydrogens (tertiary/aromatic N) is 1. The molecule has 114 valence electrons. The molecule has 0 saturated heterocycles. The van der Waals surface area contributed by atoms with Gasteiger partial charge in [0.1, 0.15) is 12.4 Å². The molecule has 0 aliphatic heterocycles. The molecular formula is C18H19ClN2O. The topological polar surface area (TPSA) is 40.2 Å². The molecule has 0 radical (unpaired) electrons. The van der Waals surface area contributed by atoms with E-state index in [9.17, 15) is 0 Å². The van der Waals surface area contributed by atoms with Crippen LogP contribution >= 0.6 is 11.6 Å². The second-order valence-corrected chi connectivity index (χ2v) is 5.62. The molecule has 4 heteroatoms. The summed E-state index contributed by atoms with van der Waals surface area (Å²) in [6, 6.07) is 15.9. The van der Waals surface area contributed by atoms with Crippen LogP contribution in [-0.4, -0.2) is 4.57 Å². The normalized spacial score (nSPS) is 11.0. The van der Waals surface area contributed by atoms with Crippen LogP contribution in [0.5, 0.6) is 5.75 Å². The highest BCUT2D eigenvalue weighted by Crippen LogP contribution is 2.25. The minimum Gasteiger partial charge on any atom is -0.487 e. The molecule has 0 unspecified atom stereocenters. The number of halogens is 1. The zero-order chi connectivity index (χ0) is 15.5. The Morgan fingerprint density at radius 1 is 1.14 bits per heavy atom. The first-order valence-electron chi connectivity index (χ1n) is 7.41. The van der Waals surface area contributed by atoms with Crippen LogP contribution in [0.3, 0.4) is 0 Å². The first-order chi connectivity index (χ1) is 10.7. The van der Waals surface area contributed by atoms with Gasteiger partial charge in [-0.05, 0) is 36.8 Å². The third-order valence-corrected chi connectivity index (χ3v) is 4.04. The van der Waals surface area contributed by atoms with E-state index in [1.807, 2.05) is 30.3 Å². The van der Waals surface area contributed by atoms with Crippen molar-refractivity contribution in [3.63, 3.8) is 0 Å². The number of hydrogen-bond acceptors (Lipinski definition) is 2. The lowest BCUT2D eigenvalue weighted by atomic mass is 10.1. The van der Waals surface area contributed by atoms with Crippen molar-refractivity contribution in [1.29, 1.82) is 0 Å². The lowest BCUT2D eigenvalue weighted by Crippen LogP contribution is -2.07. The van der Waals surface area contributed by atoms with E-state index >= 15 is 0 Å². The van der Waals surface area contributed by atoms with Gasteiger partial charge in [0.05, 0.1) is 11.2 Å².